The van der Waals surface area contributed by atoms with Crippen LogP contribution in [-0.2, 0) is 4.79 Å². The normalized spacial score (nSPS) is 13.5. The van der Waals surface area contributed by atoms with Crippen LogP contribution in [0.15, 0.2) is 48.5 Å². The molecule has 6 heteroatoms. The van der Waals surface area contributed by atoms with E-state index in [0.29, 0.717) is 12.0 Å². The molecule has 2 aromatic carbocycles. The van der Waals surface area contributed by atoms with Crippen LogP contribution in [0, 0.1) is 0 Å². The highest BCUT2D eigenvalue weighted by atomic mass is 16.1. The van der Waals surface area contributed by atoms with Gasteiger partial charge in [-0.25, -0.2) is 4.98 Å². The quantitative estimate of drug-likeness (QED) is 0.660. The Bertz CT molecular complexity index is 936. The molecule has 0 unspecified atom stereocenters. The molecule has 0 atom stereocenters. The minimum atomic E-state index is -0.102. The van der Waals surface area contributed by atoms with Gasteiger partial charge in [-0.15, -0.1) is 0 Å². The number of aromatic nitrogens is 2. The van der Waals surface area contributed by atoms with Crippen molar-refractivity contribution in [1.29, 1.82) is 0 Å². The van der Waals surface area contributed by atoms with E-state index in [-0.39, 0.29) is 5.91 Å². The Hall–Kier alpha value is -3.15. The van der Waals surface area contributed by atoms with Crippen molar-refractivity contribution in [3.8, 4) is 0 Å². The largest absolute Gasteiger partial charge is 0.367 e. The number of hydrogen-bond donors (Lipinski definition) is 3. The van der Waals surface area contributed by atoms with E-state index in [1.807, 2.05) is 48.5 Å². The maximum Gasteiger partial charge on any atom is 0.229 e. The molecule has 1 heterocycles. The molecule has 3 aromatic rings. The van der Waals surface area contributed by atoms with Gasteiger partial charge >= 0.3 is 0 Å². The van der Waals surface area contributed by atoms with Crippen molar-refractivity contribution >= 4 is 40.0 Å². The van der Waals surface area contributed by atoms with Crippen LogP contribution in [-0.4, -0.2) is 21.9 Å². The summed E-state index contributed by atoms with van der Waals surface area (Å²) in [5.74, 6) is 1.28. The van der Waals surface area contributed by atoms with Gasteiger partial charge in [0.15, 0.2) is 0 Å². The van der Waals surface area contributed by atoms with Gasteiger partial charge in [0.25, 0.3) is 0 Å². The Balaban J connectivity index is 1.65. The lowest BCUT2D eigenvalue weighted by Gasteiger charge is -2.12. The number of benzene rings is 2. The number of carbonyl (C=O) groups is 1. The number of fused-ring (bicyclic) bond motifs is 1. The molecular weight excluding hydrogens is 314 g/mol. The highest BCUT2D eigenvalue weighted by Gasteiger charge is 2.22. The predicted molar refractivity (Wildman–Crippen MR) is 100 cm³/mol. The fraction of sp³-hybridized carbons (Fsp3) is 0.211. The molecular formula is C19H19N5O. The Kier molecular flexibility index (Phi) is 3.93. The van der Waals surface area contributed by atoms with Gasteiger partial charge in [-0.2, -0.15) is 4.98 Å². The Morgan fingerprint density at radius 2 is 1.84 bits per heavy atom. The topological polar surface area (TPSA) is 78.9 Å². The van der Waals surface area contributed by atoms with Crippen molar-refractivity contribution < 1.29 is 4.79 Å². The second-order valence-corrected chi connectivity index (χ2v) is 6.22. The summed E-state index contributed by atoms with van der Waals surface area (Å²) in [5.41, 5.74) is 2.44. The summed E-state index contributed by atoms with van der Waals surface area (Å²) in [6.07, 6.45) is 2.36. The van der Waals surface area contributed by atoms with Crippen LogP contribution in [0.5, 0.6) is 0 Å². The van der Waals surface area contributed by atoms with E-state index in [1.54, 1.807) is 0 Å². The number of para-hydroxylation sites is 1. The number of nitrogens with one attached hydrogen (secondary N) is 3. The van der Waals surface area contributed by atoms with Gasteiger partial charge in [-0.1, -0.05) is 18.2 Å². The first-order valence-electron chi connectivity index (χ1n) is 8.35. The molecule has 3 N–H and O–H groups in total. The van der Waals surface area contributed by atoms with Crippen molar-refractivity contribution in [2.75, 3.05) is 16.0 Å². The summed E-state index contributed by atoms with van der Waals surface area (Å²) in [7, 11) is 0. The van der Waals surface area contributed by atoms with Crippen LogP contribution in [0.4, 0.5) is 23.1 Å². The highest BCUT2D eigenvalue weighted by molar-refractivity contribution is 5.91. The average molecular weight is 333 g/mol. The lowest BCUT2D eigenvalue weighted by atomic mass is 10.2. The first-order chi connectivity index (χ1) is 12.2. The fourth-order valence-electron chi connectivity index (χ4n) is 2.67. The van der Waals surface area contributed by atoms with Crippen molar-refractivity contribution in [2.24, 2.45) is 0 Å². The summed E-state index contributed by atoms with van der Waals surface area (Å²) < 4.78 is 0. The molecule has 1 saturated carbocycles. The molecule has 0 saturated heterocycles. The molecule has 1 aliphatic rings. The van der Waals surface area contributed by atoms with Crippen molar-refractivity contribution in [3.05, 3.63) is 48.5 Å². The first-order valence-corrected chi connectivity index (χ1v) is 8.35. The molecule has 0 radical (unpaired) electrons. The van der Waals surface area contributed by atoms with Crippen molar-refractivity contribution in [2.45, 2.75) is 25.8 Å². The minimum absolute atomic E-state index is 0.102. The standard InChI is InChI=1S/C19H19N5O/c1-12(25)20-14-5-4-6-15(11-14)22-19-23-17-8-3-2-7-16(17)18(24-19)21-13-9-10-13/h2-8,11,13H,9-10H2,1H3,(H,20,25)(H2,21,22,23,24). The molecule has 4 rings (SSSR count). The molecule has 126 valence electrons. The molecule has 6 nitrogen and oxygen atoms in total. The molecule has 1 amide bonds. The van der Waals surface area contributed by atoms with E-state index in [1.165, 1.54) is 19.8 Å². The minimum Gasteiger partial charge on any atom is -0.367 e. The van der Waals surface area contributed by atoms with E-state index < -0.39 is 0 Å². The number of anilines is 4. The lowest BCUT2D eigenvalue weighted by molar-refractivity contribution is -0.114. The van der Waals surface area contributed by atoms with Gasteiger partial charge in [0, 0.05) is 29.7 Å². The Morgan fingerprint density at radius 3 is 2.64 bits per heavy atom. The van der Waals surface area contributed by atoms with Gasteiger partial charge in [0.05, 0.1) is 5.52 Å². The zero-order chi connectivity index (χ0) is 17.2. The first kappa shape index (κ1) is 15.4. The van der Waals surface area contributed by atoms with E-state index in [9.17, 15) is 4.79 Å². The third-order valence-electron chi connectivity index (χ3n) is 3.96. The monoisotopic (exact) mass is 333 g/mol. The van der Waals surface area contributed by atoms with Crippen molar-refractivity contribution in [3.63, 3.8) is 0 Å². The summed E-state index contributed by atoms with van der Waals surface area (Å²) in [6, 6.07) is 16.0. The number of hydrogen-bond acceptors (Lipinski definition) is 5. The van der Waals surface area contributed by atoms with Crippen molar-refractivity contribution in [1.82, 2.24) is 9.97 Å². The summed E-state index contributed by atoms with van der Waals surface area (Å²) in [5, 5.41) is 10.5. The summed E-state index contributed by atoms with van der Waals surface area (Å²) >= 11 is 0. The number of amides is 1. The van der Waals surface area contributed by atoms with Crippen LogP contribution < -0.4 is 16.0 Å². The average Bonchev–Trinajstić information content (AvgIpc) is 3.39. The summed E-state index contributed by atoms with van der Waals surface area (Å²) in [4.78, 5) is 20.5. The molecule has 25 heavy (non-hydrogen) atoms. The van der Waals surface area contributed by atoms with Crippen LogP contribution >= 0.6 is 0 Å². The van der Waals surface area contributed by atoms with Crippen LogP contribution in [0.1, 0.15) is 19.8 Å². The number of rotatable bonds is 5. The zero-order valence-electron chi connectivity index (χ0n) is 13.9. The second kappa shape index (κ2) is 6.39. The maximum absolute atomic E-state index is 11.2. The molecule has 0 aliphatic heterocycles. The highest BCUT2D eigenvalue weighted by Crippen LogP contribution is 2.29. The van der Waals surface area contributed by atoms with Gasteiger partial charge in [0.1, 0.15) is 5.82 Å². The van der Waals surface area contributed by atoms with Gasteiger partial charge in [-0.05, 0) is 43.2 Å². The third-order valence-corrected chi connectivity index (χ3v) is 3.96. The van der Waals surface area contributed by atoms with Gasteiger partial charge < -0.3 is 16.0 Å². The van der Waals surface area contributed by atoms with E-state index in [2.05, 4.69) is 25.9 Å². The van der Waals surface area contributed by atoms with Crippen LogP contribution in [0.3, 0.4) is 0 Å². The predicted octanol–water partition coefficient (Wildman–Crippen LogP) is 3.91. The van der Waals surface area contributed by atoms with E-state index in [4.69, 9.17) is 0 Å². The zero-order valence-corrected chi connectivity index (χ0v) is 13.9. The molecule has 1 aromatic heterocycles. The third kappa shape index (κ3) is 3.68. The maximum atomic E-state index is 11.2. The van der Waals surface area contributed by atoms with Crippen LogP contribution in [0.2, 0.25) is 0 Å². The molecule has 1 fully saturated rings. The second-order valence-electron chi connectivity index (χ2n) is 6.22. The molecule has 0 bridgehead atoms. The lowest BCUT2D eigenvalue weighted by Crippen LogP contribution is -2.08. The van der Waals surface area contributed by atoms with Gasteiger partial charge in [-0.3, -0.25) is 4.79 Å². The SMILES string of the molecule is CC(=O)Nc1cccc(Nc2nc(NC3CC3)c3ccccc3n2)c1. The smallest absolute Gasteiger partial charge is 0.229 e. The van der Waals surface area contributed by atoms with Gasteiger partial charge in [0.2, 0.25) is 11.9 Å². The summed E-state index contributed by atoms with van der Waals surface area (Å²) in [6.45, 7) is 1.49. The van der Waals surface area contributed by atoms with Crippen LogP contribution in [0.25, 0.3) is 10.9 Å². The molecule has 0 spiro atoms. The van der Waals surface area contributed by atoms with E-state index >= 15 is 0 Å². The Labute approximate surface area is 145 Å². The number of carbonyl (C=O) groups excluding carboxylic acids is 1. The molecule has 1 aliphatic carbocycles. The number of nitrogens with zero attached hydrogens (tertiary/aromatic N) is 2. The Morgan fingerprint density at radius 1 is 1.04 bits per heavy atom. The fourth-order valence-corrected chi connectivity index (χ4v) is 2.67. The van der Waals surface area contributed by atoms with E-state index in [0.717, 1.165) is 28.1 Å².